The zero-order valence-electron chi connectivity index (χ0n) is 15.5. The topological polar surface area (TPSA) is 64.2 Å². The molecule has 0 N–H and O–H groups in total. The van der Waals surface area contributed by atoms with E-state index in [1.54, 1.807) is 23.9 Å². The smallest absolute Gasteiger partial charge is 0.319 e. The lowest BCUT2D eigenvalue weighted by molar-refractivity contribution is -0.135. The highest BCUT2D eigenvalue weighted by Crippen LogP contribution is 2.35. The van der Waals surface area contributed by atoms with E-state index in [0.29, 0.717) is 45.7 Å². The van der Waals surface area contributed by atoms with Gasteiger partial charge in [-0.15, -0.1) is 0 Å². The number of carbonyl (C=O) groups excluding carboxylic acids is 3. The number of carbonyl (C=O) groups is 3. The van der Waals surface area contributed by atoms with Gasteiger partial charge in [0.2, 0.25) is 11.8 Å². The molecule has 7 nitrogen and oxygen atoms in total. The summed E-state index contributed by atoms with van der Waals surface area (Å²) in [4.78, 5) is 44.4. The number of amides is 4. The Morgan fingerprint density at radius 1 is 1.12 bits per heavy atom. The molecule has 2 aliphatic heterocycles. The molecule has 2 rings (SSSR count). The van der Waals surface area contributed by atoms with Crippen LogP contribution in [0.25, 0.3) is 0 Å². The Hall–Kier alpha value is -1.79. The summed E-state index contributed by atoms with van der Waals surface area (Å²) in [5.41, 5.74) is -0.361. The van der Waals surface area contributed by atoms with Crippen LogP contribution in [0.3, 0.4) is 0 Å². The van der Waals surface area contributed by atoms with Crippen molar-refractivity contribution < 1.29 is 14.4 Å². The third-order valence-corrected chi connectivity index (χ3v) is 4.94. The quantitative estimate of drug-likeness (QED) is 0.745. The molecule has 136 valence electrons. The molecular formula is C17H30N4O3. The summed E-state index contributed by atoms with van der Waals surface area (Å²) in [6.45, 7) is 9.13. The molecule has 0 aromatic heterocycles. The second-order valence-corrected chi connectivity index (χ2v) is 7.60. The number of urea groups is 1. The summed E-state index contributed by atoms with van der Waals surface area (Å²) in [5.74, 6) is 0.127. The monoisotopic (exact) mass is 338 g/mol. The van der Waals surface area contributed by atoms with Crippen LogP contribution in [0.5, 0.6) is 0 Å². The van der Waals surface area contributed by atoms with Crippen molar-refractivity contribution in [3.8, 4) is 0 Å². The zero-order valence-corrected chi connectivity index (χ0v) is 15.5. The second kappa shape index (κ2) is 6.99. The molecule has 2 aliphatic rings. The number of hydrogen-bond acceptors (Lipinski definition) is 3. The largest absolute Gasteiger partial charge is 0.342 e. The summed E-state index contributed by atoms with van der Waals surface area (Å²) < 4.78 is 0. The van der Waals surface area contributed by atoms with Crippen LogP contribution in [-0.4, -0.2) is 90.8 Å². The molecule has 0 aromatic rings. The van der Waals surface area contributed by atoms with Gasteiger partial charge in [-0.05, 0) is 6.92 Å². The van der Waals surface area contributed by atoms with E-state index in [9.17, 15) is 14.4 Å². The Bertz CT molecular complexity index is 488. The highest BCUT2D eigenvalue weighted by molar-refractivity contribution is 5.81. The van der Waals surface area contributed by atoms with Crippen molar-refractivity contribution in [3.05, 3.63) is 0 Å². The van der Waals surface area contributed by atoms with Crippen LogP contribution in [-0.2, 0) is 9.59 Å². The second-order valence-electron chi connectivity index (χ2n) is 7.60. The first-order chi connectivity index (χ1) is 11.2. The van der Waals surface area contributed by atoms with Gasteiger partial charge in [-0.25, -0.2) is 4.79 Å². The molecule has 2 heterocycles. The third kappa shape index (κ3) is 3.65. The molecule has 0 aromatic carbocycles. The van der Waals surface area contributed by atoms with Gasteiger partial charge in [0, 0.05) is 71.1 Å². The lowest BCUT2D eigenvalue weighted by Crippen LogP contribution is -2.47. The molecule has 1 atom stereocenters. The minimum atomic E-state index is -0.361. The zero-order chi connectivity index (χ0) is 18.1. The fourth-order valence-electron chi connectivity index (χ4n) is 3.74. The fourth-order valence-corrected chi connectivity index (χ4v) is 3.74. The van der Waals surface area contributed by atoms with Gasteiger partial charge in [-0.2, -0.15) is 0 Å². The van der Waals surface area contributed by atoms with Gasteiger partial charge in [0.25, 0.3) is 0 Å². The van der Waals surface area contributed by atoms with Crippen LogP contribution in [0.4, 0.5) is 4.79 Å². The van der Waals surface area contributed by atoms with E-state index in [4.69, 9.17) is 0 Å². The summed E-state index contributed by atoms with van der Waals surface area (Å²) in [7, 11) is 3.46. The predicted octanol–water partition coefficient (Wildman–Crippen LogP) is 0.707. The van der Waals surface area contributed by atoms with Gasteiger partial charge >= 0.3 is 6.03 Å². The summed E-state index contributed by atoms with van der Waals surface area (Å²) in [6, 6.07) is -0.0596. The van der Waals surface area contributed by atoms with Crippen molar-refractivity contribution in [1.82, 2.24) is 19.6 Å². The highest BCUT2D eigenvalue weighted by Gasteiger charge is 2.47. The van der Waals surface area contributed by atoms with Gasteiger partial charge < -0.3 is 19.6 Å². The van der Waals surface area contributed by atoms with Gasteiger partial charge in [0.1, 0.15) is 0 Å². The normalized spacial score (nSPS) is 24.8. The van der Waals surface area contributed by atoms with Crippen molar-refractivity contribution >= 4 is 17.8 Å². The van der Waals surface area contributed by atoms with Gasteiger partial charge in [0.15, 0.2) is 0 Å². The molecule has 0 unspecified atom stereocenters. The van der Waals surface area contributed by atoms with Crippen LogP contribution in [0.2, 0.25) is 0 Å². The van der Waals surface area contributed by atoms with Gasteiger partial charge in [-0.3, -0.25) is 9.59 Å². The predicted molar refractivity (Wildman–Crippen MR) is 91.4 cm³/mol. The Morgan fingerprint density at radius 3 is 2.21 bits per heavy atom. The summed E-state index contributed by atoms with van der Waals surface area (Å²) in [5, 5.41) is 0. The number of rotatable bonds is 2. The molecule has 2 fully saturated rings. The lowest BCUT2D eigenvalue weighted by atomic mass is 9.85. The van der Waals surface area contributed by atoms with Gasteiger partial charge in [0.05, 0.1) is 0 Å². The van der Waals surface area contributed by atoms with Crippen molar-refractivity contribution in [1.29, 1.82) is 0 Å². The van der Waals surface area contributed by atoms with Crippen molar-refractivity contribution in [2.45, 2.75) is 27.2 Å². The molecule has 0 radical (unpaired) electrons. The minimum absolute atomic E-state index is 0.0596. The molecule has 2 saturated heterocycles. The van der Waals surface area contributed by atoms with Crippen molar-refractivity contribution in [2.24, 2.45) is 11.3 Å². The molecule has 24 heavy (non-hydrogen) atoms. The Kier molecular flexibility index (Phi) is 5.40. The summed E-state index contributed by atoms with van der Waals surface area (Å²) >= 11 is 0. The van der Waals surface area contributed by atoms with E-state index in [1.165, 1.54) is 0 Å². The standard InChI is InChI=1S/C17H30N4O3/c1-6-19-10-17(9-14(19)22)11-20(15(23)13(2)3)7-8-21(12-17)16(24)18(4)5/h13H,6-12H2,1-5H3/t17-/m0/s1. The van der Waals surface area contributed by atoms with Crippen LogP contribution in [0, 0.1) is 11.3 Å². The number of hydrogen-bond donors (Lipinski definition) is 0. The molecule has 0 aliphatic carbocycles. The molecule has 7 heteroatoms. The molecule has 0 bridgehead atoms. The van der Waals surface area contributed by atoms with E-state index in [0.717, 1.165) is 0 Å². The Balaban J connectivity index is 2.29. The first-order valence-corrected chi connectivity index (χ1v) is 8.72. The van der Waals surface area contributed by atoms with Crippen LogP contribution in [0.1, 0.15) is 27.2 Å². The molecule has 4 amide bonds. The first kappa shape index (κ1) is 18.5. The Morgan fingerprint density at radius 2 is 1.71 bits per heavy atom. The average molecular weight is 338 g/mol. The maximum absolute atomic E-state index is 12.5. The maximum Gasteiger partial charge on any atom is 0.319 e. The highest BCUT2D eigenvalue weighted by atomic mass is 16.2. The van der Waals surface area contributed by atoms with Crippen LogP contribution in [0.15, 0.2) is 0 Å². The van der Waals surface area contributed by atoms with E-state index >= 15 is 0 Å². The molecular weight excluding hydrogens is 308 g/mol. The van der Waals surface area contributed by atoms with Crippen LogP contribution < -0.4 is 0 Å². The lowest BCUT2D eigenvalue weighted by Gasteiger charge is -2.34. The fraction of sp³-hybridized carbons (Fsp3) is 0.824. The number of likely N-dealkylation sites (tertiary alicyclic amines) is 1. The molecule has 1 spiro atoms. The summed E-state index contributed by atoms with van der Waals surface area (Å²) in [6.07, 6.45) is 0.403. The van der Waals surface area contributed by atoms with Gasteiger partial charge in [-0.1, -0.05) is 13.8 Å². The van der Waals surface area contributed by atoms with E-state index < -0.39 is 0 Å². The minimum Gasteiger partial charge on any atom is -0.342 e. The maximum atomic E-state index is 12.5. The SMILES string of the molecule is CCN1C[C@@]2(CC1=O)CN(C(=O)C(C)C)CCN(C(=O)N(C)C)C2. The van der Waals surface area contributed by atoms with E-state index in [2.05, 4.69) is 0 Å². The van der Waals surface area contributed by atoms with Crippen LogP contribution >= 0.6 is 0 Å². The first-order valence-electron chi connectivity index (χ1n) is 8.72. The average Bonchev–Trinajstić information content (AvgIpc) is 2.71. The number of nitrogens with zero attached hydrogens (tertiary/aromatic N) is 4. The Labute approximate surface area is 144 Å². The van der Waals surface area contributed by atoms with Crippen molar-refractivity contribution in [3.63, 3.8) is 0 Å². The third-order valence-electron chi connectivity index (χ3n) is 4.94. The van der Waals surface area contributed by atoms with E-state index in [1.807, 2.05) is 30.6 Å². The molecule has 0 saturated carbocycles. The van der Waals surface area contributed by atoms with E-state index in [-0.39, 0.29) is 29.2 Å². The van der Waals surface area contributed by atoms with Crippen molar-refractivity contribution in [2.75, 3.05) is 53.4 Å².